The van der Waals surface area contributed by atoms with Crippen LogP contribution >= 0.6 is 24.0 Å². The molecule has 1 unspecified atom stereocenters. The van der Waals surface area contributed by atoms with Gasteiger partial charge in [-0.25, -0.2) is 4.68 Å². The number of nitrogens with one attached hydrogen (secondary N) is 1. The molecule has 1 aromatic carbocycles. The minimum Gasteiger partial charge on any atom is -0.356 e. The Labute approximate surface area is 179 Å². The normalized spacial score (nSPS) is 18.0. The van der Waals surface area contributed by atoms with Crippen LogP contribution in [0.15, 0.2) is 47.7 Å². The Kier molecular flexibility index (Phi) is 8.56. The van der Waals surface area contributed by atoms with E-state index in [-0.39, 0.29) is 24.0 Å². The van der Waals surface area contributed by atoms with Gasteiger partial charge in [-0.05, 0) is 44.5 Å². The molecule has 2 heterocycles. The van der Waals surface area contributed by atoms with E-state index < -0.39 is 0 Å². The van der Waals surface area contributed by atoms with Crippen molar-refractivity contribution in [2.45, 2.75) is 19.4 Å². The maximum Gasteiger partial charge on any atom is 0.193 e. The minimum atomic E-state index is 0. The van der Waals surface area contributed by atoms with Crippen molar-refractivity contribution in [1.82, 2.24) is 24.9 Å². The Morgan fingerprint density at radius 1 is 1.33 bits per heavy atom. The SMILES string of the molecule is CN=C(NCC1CCCN(C)C1)N(C)Cc1cnn(-c2ccccc2)c1.I. The van der Waals surface area contributed by atoms with E-state index in [1.807, 2.05) is 36.1 Å². The fourth-order valence-electron chi connectivity index (χ4n) is 3.57. The highest BCUT2D eigenvalue weighted by Crippen LogP contribution is 2.14. The van der Waals surface area contributed by atoms with Crippen LogP contribution in [0.4, 0.5) is 0 Å². The monoisotopic (exact) mass is 482 g/mol. The summed E-state index contributed by atoms with van der Waals surface area (Å²) in [6.07, 6.45) is 6.58. The standard InChI is InChI=1S/C20H30N6.HI/c1-21-20(22-12-17-8-7-11-24(2)14-17)25(3)15-18-13-23-26(16-18)19-9-5-4-6-10-19;/h4-6,9-10,13,16-17H,7-8,11-12,14-15H2,1-3H3,(H,21,22);1H. The van der Waals surface area contributed by atoms with Gasteiger partial charge >= 0.3 is 0 Å². The quantitative estimate of drug-likeness (QED) is 0.405. The number of rotatable bonds is 5. The summed E-state index contributed by atoms with van der Waals surface area (Å²) in [7, 11) is 6.12. The Balaban J connectivity index is 0.00000261. The third kappa shape index (κ3) is 6.21. The molecule has 0 spiro atoms. The topological polar surface area (TPSA) is 48.7 Å². The van der Waals surface area contributed by atoms with E-state index in [2.05, 4.69) is 57.6 Å². The van der Waals surface area contributed by atoms with E-state index in [0.717, 1.165) is 36.8 Å². The second-order valence-corrected chi connectivity index (χ2v) is 7.18. The summed E-state index contributed by atoms with van der Waals surface area (Å²) in [5.74, 6) is 1.63. The zero-order valence-corrected chi connectivity index (χ0v) is 18.8. The molecule has 0 saturated carbocycles. The highest BCUT2D eigenvalue weighted by atomic mass is 127. The van der Waals surface area contributed by atoms with Gasteiger partial charge in [-0.15, -0.1) is 24.0 Å². The van der Waals surface area contributed by atoms with Gasteiger partial charge in [0.05, 0.1) is 11.9 Å². The number of benzene rings is 1. The van der Waals surface area contributed by atoms with Crippen LogP contribution in [-0.4, -0.2) is 66.3 Å². The van der Waals surface area contributed by atoms with Crippen LogP contribution in [-0.2, 0) is 6.54 Å². The van der Waals surface area contributed by atoms with Crippen LogP contribution in [0.1, 0.15) is 18.4 Å². The molecule has 1 aliphatic heterocycles. The van der Waals surface area contributed by atoms with Crippen molar-refractivity contribution in [2.24, 2.45) is 10.9 Å². The first-order valence-electron chi connectivity index (χ1n) is 9.35. The van der Waals surface area contributed by atoms with Gasteiger partial charge in [0.15, 0.2) is 5.96 Å². The van der Waals surface area contributed by atoms with Crippen LogP contribution in [0, 0.1) is 5.92 Å². The minimum absolute atomic E-state index is 0. The average Bonchev–Trinajstić information content (AvgIpc) is 3.11. The fraction of sp³-hybridized carbons (Fsp3) is 0.500. The predicted octanol–water partition coefficient (Wildman–Crippen LogP) is 2.84. The number of guanidine groups is 1. The highest BCUT2D eigenvalue weighted by molar-refractivity contribution is 14.0. The van der Waals surface area contributed by atoms with Gasteiger partial charge in [-0.2, -0.15) is 5.10 Å². The Hall–Kier alpha value is -1.61. The van der Waals surface area contributed by atoms with Gasteiger partial charge < -0.3 is 15.1 Å². The number of halogens is 1. The van der Waals surface area contributed by atoms with Crippen LogP contribution in [0.2, 0.25) is 0 Å². The maximum absolute atomic E-state index is 4.48. The lowest BCUT2D eigenvalue weighted by atomic mass is 9.98. The smallest absolute Gasteiger partial charge is 0.193 e. The lowest BCUT2D eigenvalue weighted by molar-refractivity contribution is 0.209. The zero-order chi connectivity index (χ0) is 18.4. The maximum atomic E-state index is 4.48. The zero-order valence-electron chi connectivity index (χ0n) is 16.5. The summed E-state index contributed by atoms with van der Waals surface area (Å²) in [4.78, 5) is 9.01. The van der Waals surface area contributed by atoms with Crippen molar-refractivity contribution >= 4 is 29.9 Å². The molecule has 0 radical (unpaired) electrons. The largest absolute Gasteiger partial charge is 0.356 e. The Morgan fingerprint density at radius 2 is 2.11 bits per heavy atom. The second kappa shape index (κ2) is 10.7. The van der Waals surface area contributed by atoms with Gasteiger partial charge in [0.1, 0.15) is 0 Å². The number of aromatic nitrogens is 2. The van der Waals surface area contributed by atoms with Crippen molar-refractivity contribution in [3.8, 4) is 5.69 Å². The van der Waals surface area contributed by atoms with Crippen molar-refractivity contribution in [3.63, 3.8) is 0 Å². The lowest BCUT2D eigenvalue weighted by Gasteiger charge is -2.31. The van der Waals surface area contributed by atoms with Crippen molar-refractivity contribution in [3.05, 3.63) is 48.3 Å². The molecule has 27 heavy (non-hydrogen) atoms. The average molecular weight is 482 g/mol. The van der Waals surface area contributed by atoms with E-state index in [4.69, 9.17) is 0 Å². The van der Waals surface area contributed by atoms with Crippen LogP contribution in [0.5, 0.6) is 0 Å². The molecule has 0 bridgehead atoms. The Bertz CT molecular complexity index is 714. The number of hydrogen-bond donors (Lipinski definition) is 1. The molecule has 0 amide bonds. The van der Waals surface area contributed by atoms with Gasteiger partial charge in [0, 0.05) is 45.5 Å². The fourth-order valence-corrected chi connectivity index (χ4v) is 3.57. The molecule has 1 saturated heterocycles. The summed E-state index contributed by atoms with van der Waals surface area (Å²) in [6.45, 7) is 4.13. The Morgan fingerprint density at radius 3 is 2.81 bits per heavy atom. The molecule has 6 nitrogen and oxygen atoms in total. The molecule has 1 aromatic heterocycles. The second-order valence-electron chi connectivity index (χ2n) is 7.18. The first-order valence-corrected chi connectivity index (χ1v) is 9.35. The molecule has 7 heteroatoms. The summed E-state index contributed by atoms with van der Waals surface area (Å²) in [5.41, 5.74) is 2.24. The van der Waals surface area contributed by atoms with Crippen molar-refractivity contribution in [2.75, 3.05) is 40.8 Å². The van der Waals surface area contributed by atoms with Gasteiger partial charge in [0.25, 0.3) is 0 Å². The lowest BCUT2D eigenvalue weighted by Crippen LogP contribution is -2.44. The molecule has 3 rings (SSSR count). The third-order valence-electron chi connectivity index (χ3n) is 4.92. The molecule has 148 valence electrons. The van der Waals surface area contributed by atoms with E-state index in [0.29, 0.717) is 5.92 Å². The molecule has 1 fully saturated rings. The third-order valence-corrected chi connectivity index (χ3v) is 4.92. The number of nitrogens with zero attached hydrogens (tertiary/aromatic N) is 5. The molecule has 1 atom stereocenters. The van der Waals surface area contributed by atoms with Crippen LogP contribution < -0.4 is 5.32 Å². The molecule has 1 N–H and O–H groups in total. The number of piperidine rings is 1. The molecular weight excluding hydrogens is 451 g/mol. The summed E-state index contributed by atoms with van der Waals surface area (Å²) in [6, 6.07) is 10.2. The van der Waals surface area contributed by atoms with Crippen LogP contribution in [0.3, 0.4) is 0 Å². The van der Waals surface area contributed by atoms with Gasteiger partial charge in [-0.1, -0.05) is 18.2 Å². The highest BCUT2D eigenvalue weighted by Gasteiger charge is 2.18. The number of aliphatic imine (C=N–C) groups is 1. The number of para-hydroxylation sites is 1. The van der Waals surface area contributed by atoms with Crippen molar-refractivity contribution in [1.29, 1.82) is 0 Å². The summed E-state index contributed by atoms with van der Waals surface area (Å²) in [5, 5.41) is 8.02. The first-order chi connectivity index (χ1) is 12.7. The van der Waals surface area contributed by atoms with Gasteiger partial charge in [-0.3, -0.25) is 4.99 Å². The summed E-state index contributed by atoms with van der Waals surface area (Å²) < 4.78 is 1.91. The van der Waals surface area contributed by atoms with Crippen molar-refractivity contribution < 1.29 is 0 Å². The summed E-state index contributed by atoms with van der Waals surface area (Å²) >= 11 is 0. The van der Waals surface area contributed by atoms with Gasteiger partial charge in [0.2, 0.25) is 0 Å². The van der Waals surface area contributed by atoms with E-state index >= 15 is 0 Å². The van der Waals surface area contributed by atoms with E-state index in [1.54, 1.807) is 0 Å². The van der Waals surface area contributed by atoms with E-state index in [9.17, 15) is 0 Å². The molecule has 0 aliphatic carbocycles. The molecule has 1 aliphatic rings. The molecule has 2 aromatic rings. The first kappa shape index (κ1) is 21.7. The van der Waals surface area contributed by atoms with E-state index in [1.165, 1.54) is 19.4 Å². The van der Waals surface area contributed by atoms with Crippen LogP contribution in [0.25, 0.3) is 5.69 Å². The number of hydrogen-bond acceptors (Lipinski definition) is 3. The number of likely N-dealkylation sites (tertiary alicyclic amines) is 1. The molecular formula is C20H31IN6. The predicted molar refractivity (Wildman–Crippen MR) is 122 cm³/mol.